The molecule has 1 N–H and O–H groups in total. The summed E-state index contributed by atoms with van der Waals surface area (Å²) in [5.41, 5.74) is 4.92. The summed E-state index contributed by atoms with van der Waals surface area (Å²) in [7, 11) is 0. The van der Waals surface area contributed by atoms with Crippen LogP contribution in [0.15, 0.2) is 59.7 Å². The van der Waals surface area contributed by atoms with E-state index in [1.807, 2.05) is 49.4 Å². The topological polar surface area (TPSA) is 41.5 Å². The number of rotatable bonds is 4. The minimum atomic E-state index is -0.329. The monoisotopic (exact) mass is 298 g/mol. The Bertz CT molecular complexity index is 678. The van der Waals surface area contributed by atoms with Gasteiger partial charge in [0.15, 0.2) is 0 Å². The van der Waals surface area contributed by atoms with Crippen molar-refractivity contribution in [2.45, 2.75) is 6.92 Å². The van der Waals surface area contributed by atoms with Gasteiger partial charge in [0, 0.05) is 6.21 Å². The summed E-state index contributed by atoms with van der Waals surface area (Å²) in [6.07, 6.45) is 5.17. The number of nitrogens with one attached hydrogen (secondary N) is 1. The van der Waals surface area contributed by atoms with Crippen LogP contribution < -0.4 is 5.43 Å². The predicted molar refractivity (Wildman–Crippen MR) is 87.6 cm³/mol. The predicted octanol–water partition coefficient (Wildman–Crippen LogP) is 4.08. The molecule has 4 heteroatoms. The third kappa shape index (κ3) is 4.58. The Kier molecular flexibility index (Phi) is 5.29. The number of hydrazone groups is 1. The van der Waals surface area contributed by atoms with Gasteiger partial charge in [0.1, 0.15) is 0 Å². The standard InChI is InChI=1S/C17H15ClN2O/c1-13-9-10-15(16(18)12-13)17(21)20-19-11-5-8-14-6-3-2-4-7-14/h2-12H,1H3,(H,20,21)/b8-5+,19-11-. The lowest BCUT2D eigenvalue weighted by molar-refractivity contribution is 0.0955. The molecule has 0 aliphatic carbocycles. The number of carbonyl (C=O) groups is 1. The number of carbonyl (C=O) groups excluding carboxylic acids is 1. The van der Waals surface area contributed by atoms with Crippen LogP contribution in [0.2, 0.25) is 5.02 Å². The first-order valence-corrected chi connectivity index (χ1v) is 6.86. The number of amides is 1. The average molecular weight is 299 g/mol. The molecule has 2 aromatic rings. The molecule has 0 fully saturated rings. The Balaban J connectivity index is 1.92. The Hall–Kier alpha value is -2.39. The van der Waals surface area contributed by atoms with Crippen LogP contribution in [0, 0.1) is 6.92 Å². The Morgan fingerprint density at radius 2 is 1.95 bits per heavy atom. The number of hydrogen-bond donors (Lipinski definition) is 1. The van der Waals surface area contributed by atoms with E-state index >= 15 is 0 Å². The highest BCUT2D eigenvalue weighted by atomic mass is 35.5. The molecule has 2 rings (SSSR count). The van der Waals surface area contributed by atoms with Crippen LogP contribution in [-0.2, 0) is 0 Å². The van der Waals surface area contributed by atoms with E-state index in [9.17, 15) is 4.79 Å². The van der Waals surface area contributed by atoms with Crippen molar-refractivity contribution in [1.82, 2.24) is 5.43 Å². The van der Waals surface area contributed by atoms with Gasteiger partial charge in [0.2, 0.25) is 0 Å². The summed E-state index contributed by atoms with van der Waals surface area (Å²) in [6, 6.07) is 15.1. The van der Waals surface area contributed by atoms with Crippen LogP contribution >= 0.6 is 11.6 Å². The third-order valence-corrected chi connectivity index (χ3v) is 3.10. The zero-order valence-electron chi connectivity index (χ0n) is 11.6. The van der Waals surface area contributed by atoms with E-state index in [0.29, 0.717) is 10.6 Å². The van der Waals surface area contributed by atoms with Crippen LogP contribution in [0.1, 0.15) is 21.5 Å². The van der Waals surface area contributed by atoms with Gasteiger partial charge in [-0.3, -0.25) is 4.79 Å². The first-order valence-electron chi connectivity index (χ1n) is 6.48. The molecule has 0 heterocycles. The maximum atomic E-state index is 11.9. The van der Waals surface area contributed by atoms with Gasteiger partial charge < -0.3 is 0 Å². The molecule has 0 aliphatic rings. The molecule has 0 saturated heterocycles. The molecule has 21 heavy (non-hydrogen) atoms. The molecule has 0 bridgehead atoms. The molecule has 0 spiro atoms. The highest BCUT2D eigenvalue weighted by Crippen LogP contribution is 2.17. The second-order valence-electron chi connectivity index (χ2n) is 4.47. The van der Waals surface area contributed by atoms with Crippen LogP contribution in [0.4, 0.5) is 0 Å². The molecule has 106 valence electrons. The number of benzene rings is 2. The third-order valence-electron chi connectivity index (χ3n) is 2.78. The quantitative estimate of drug-likeness (QED) is 0.671. The van der Waals surface area contributed by atoms with Gasteiger partial charge in [-0.15, -0.1) is 0 Å². The Morgan fingerprint density at radius 1 is 1.19 bits per heavy atom. The van der Waals surface area contributed by atoms with E-state index in [1.54, 1.807) is 18.2 Å². The van der Waals surface area contributed by atoms with E-state index in [4.69, 9.17) is 11.6 Å². The van der Waals surface area contributed by atoms with Crippen molar-refractivity contribution in [2.24, 2.45) is 5.10 Å². The summed E-state index contributed by atoms with van der Waals surface area (Å²) < 4.78 is 0. The van der Waals surface area contributed by atoms with Gasteiger partial charge in [-0.1, -0.05) is 54.1 Å². The summed E-state index contributed by atoms with van der Waals surface area (Å²) in [5, 5.41) is 4.28. The van der Waals surface area contributed by atoms with Gasteiger partial charge in [-0.2, -0.15) is 5.10 Å². The van der Waals surface area contributed by atoms with E-state index in [0.717, 1.165) is 11.1 Å². The minimum Gasteiger partial charge on any atom is -0.267 e. The Morgan fingerprint density at radius 3 is 2.67 bits per heavy atom. The molecule has 0 atom stereocenters. The van der Waals surface area contributed by atoms with Crippen molar-refractivity contribution in [2.75, 3.05) is 0 Å². The molecule has 2 aromatic carbocycles. The highest BCUT2D eigenvalue weighted by Gasteiger charge is 2.08. The summed E-state index contributed by atoms with van der Waals surface area (Å²) >= 11 is 6.02. The first kappa shape index (κ1) is 15.0. The number of hydrogen-bond acceptors (Lipinski definition) is 2. The summed E-state index contributed by atoms with van der Waals surface area (Å²) in [5.74, 6) is -0.329. The van der Waals surface area contributed by atoms with Crippen molar-refractivity contribution in [3.05, 3.63) is 76.3 Å². The summed E-state index contributed by atoms with van der Waals surface area (Å²) in [6.45, 7) is 1.92. The zero-order valence-corrected chi connectivity index (χ0v) is 12.3. The molecule has 1 amide bonds. The number of aryl methyl sites for hydroxylation is 1. The van der Waals surface area contributed by atoms with Crippen molar-refractivity contribution in [1.29, 1.82) is 0 Å². The van der Waals surface area contributed by atoms with E-state index in [-0.39, 0.29) is 5.91 Å². The maximum Gasteiger partial charge on any atom is 0.272 e. The van der Waals surface area contributed by atoms with E-state index < -0.39 is 0 Å². The lowest BCUT2D eigenvalue weighted by atomic mass is 10.1. The largest absolute Gasteiger partial charge is 0.272 e. The number of halogens is 1. The van der Waals surface area contributed by atoms with Gasteiger partial charge in [0.05, 0.1) is 10.6 Å². The second kappa shape index (κ2) is 7.41. The molecule has 3 nitrogen and oxygen atoms in total. The molecular formula is C17H15ClN2O. The SMILES string of the molecule is Cc1ccc(C(=O)N/N=C\C=C\c2ccccc2)c(Cl)c1. The van der Waals surface area contributed by atoms with Crippen LogP contribution in [-0.4, -0.2) is 12.1 Å². The van der Waals surface area contributed by atoms with E-state index in [1.165, 1.54) is 6.21 Å². The van der Waals surface area contributed by atoms with Crippen LogP contribution in [0.25, 0.3) is 6.08 Å². The van der Waals surface area contributed by atoms with Gasteiger partial charge in [0.25, 0.3) is 5.91 Å². The Labute approximate surface area is 129 Å². The van der Waals surface area contributed by atoms with Gasteiger partial charge in [-0.05, 0) is 36.3 Å². The van der Waals surface area contributed by atoms with Crippen LogP contribution in [0.3, 0.4) is 0 Å². The molecule has 0 radical (unpaired) electrons. The van der Waals surface area contributed by atoms with Crippen molar-refractivity contribution < 1.29 is 4.79 Å². The molecular weight excluding hydrogens is 284 g/mol. The average Bonchev–Trinajstić information content (AvgIpc) is 2.47. The zero-order chi connectivity index (χ0) is 15.1. The molecule has 0 aliphatic heterocycles. The smallest absolute Gasteiger partial charge is 0.267 e. The number of allylic oxidation sites excluding steroid dienone is 1. The van der Waals surface area contributed by atoms with E-state index in [2.05, 4.69) is 10.5 Å². The number of nitrogens with zero attached hydrogens (tertiary/aromatic N) is 1. The first-order chi connectivity index (χ1) is 10.2. The fourth-order valence-electron chi connectivity index (χ4n) is 1.72. The van der Waals surface area contributed by atoms with Crippen molar-refractivity contribution in [3.8, 4) is 0 Å². The summed E-state index contributed by atoms with van der Waals surface area (Å²) in [4.78, 5) is 11.9. The van der Waals surface area contributed by atoms with Gasteiger partial charge in [-0.25, -0.2) is 5.43 Å². The lowest BCUT2D eigenvalue weighted by Gasteiger charge is -2.02. The van der Waals surface area contributed by atoms with Crippen LogP contribution in [0.5, 0.6) is 0 Å². The maximum absolute atomic E-state index is 11.9. The second-order valence-corrected chi connectivity index (χ2v) is 4.88. The molecule has 0 saturated carbocycles. The fraction of sp³-hybridized carbons (Fsp3) is 0.0588. The molecule has 0 unspecified atom stereocenters. The molecule has 0 aromatic heterocycles. The normalized spacial score (nSPS) is 11.1. The lowest BCUT2D eigenvalue weighted by Crippen LogP contribution is -2.17. The van der Waals surface area contributed by atoms with Crippen molar-refractivity contribution >= 4 is 29.8 Å². The fourth-order valence-corrected chi connectivity index (χ4v) is 2.04. The minimum absolute atomic E-state index is 0.329. The van der Waals surface area contributed by atoms with Crippen molar-refractivity contribution in [3.63, 3.8) is 0 Å². The van der Waals surface area contributed by atoms with Gasteiger partial charge >= 0.3 is 0 Å². The highest BCUT2D eigenvalue weighted by molar-refractivity contribution is 6.33.